The van der Waals surface area contributed by atoms with Crippen LogP contribution in [0.5, 0.6) is 0 Å². The zero-order valence-corrected chi connectivity index (χ0v) is 17.0. The Morgan fingerprint density at radius 3 is 2.77 bits per heavy atom. The number of aliphatic hydroxyl groups is 1. The summed E-state index contributed by atoms with van der Waals surface area (Å²) in [4.78, 5) is 23.5. The second-order valence-corrected chi connectivity index (χ2v) is 7.97. The lowest BCUT2D eigenvalue weighted by molar-refractivity contribution is -0.134. The van der Waals surface area contributed by atoms with Crippen molar-refractivity contribution in [3.8, 4) is 0 Å². The highest BCUT2D eigenvalue weighted by atomic mass is 16.5. The Labute approximate surface area is 159 Å². The predicted molar refractivity (Wildman–Crippen MR) is 105 cm³/mol. The maximum absolute atomic E-state index is 12.5. The number of hydrogen-bond acceptors (Lipinski definition) is 4. The number of methoxy groups -OCH3 is 1. The largest absolute Gasteiger partial charge is 0.466 e. The Kier molecular flexibility index (Phi) is 10.8. The van der Waals surface area contributed by atoms with Crippen molar-refractivity contribution in [2.75, 3.05) is 7.11 Å². The minimum atomic E-state index is -0.319. The molecule has 0 bridgehead atoms. The molecular weight excluding hydrogens is 328 g/mol. The Morgan fingerprint density at radius 1 is 1.31 bits per heavy atom. The molecule has 0 heterocycles. The van der Waals surface area contributed by atoms with Crippen molar-refractivity contribution >= 4 is 11.8 Å². The summed E-state index contributed by atoms with van der Waals surface area (Å²) in [5.74, 6) is 0.481. The van der Waals surface area contributed by atoms with Crippen LogP contribution in [0.1, 0.15) is 90.9 Å². The van der Waals surface area contributed by atoms with Gasteiger partial charge in [0.2, 0.25) is 0 Å². The average Bonchev–Trinajstić information content (AvgIpc) is 2.91. The van der Waals surface area contributed by atoms with Crippen molar-refractivity contribution in [3.05, 3.63) is 12.2 Å². The molecule has 4 nitrogen and oxygen atoms in total. The van der Waals surface area contributed by atoms with Gasteiger partial charge < -0.3 is 9.84 Å². The van der Waals surface area contributed by atoms with Crippen molar-refractivity contribution in [2.24, 2.45) is 11.3 Å². The molecule has 4 heteroatoms. The highest BCUT2D eigenvalue weighted by Crippen LogP contribution is 2.46. The number of esters is 1. The van der Waals surface area contributed by atoms with Crippen LogP contribution in [0, 0.1) is 11.3 Å². The summed E-state index contributed by atoms with van der Waals surface area (Å²) in [6.07, 6.45) is 14.6. The van der Waals surface area contributed by atoms with Crippen LogP contribution < -0.4 is 0 Å². The number of hydrogen-bond donors (Lipinski definition) is 1. The molecule has 0 aromatic heterocycles. The van der Waals surface area contributed by atoms with Gasteiger partial charge in [0.25, 0.3) is 0 Å². The molecule has 150 valence electrons. The highest BCUT2D eigenvalue weighted by Gasteiger charge is 2.44. The number of carbonyl (C=O) groups is 2. The van der Waals surface area contributed by atoms with Crippen LogP contribution in [0.3, 0.4) is 0 Å². The van der Waals surface area contributed by atoms with E-state index in [1.54, 1.807) is 0 Å². The minimum Gasteiger partial charge on any atom is -0.466 e. The molecule has 1 saturated carbocycles. The van der Waals surface area contributed by atoms with E-state index in [1.165, 1.54) is 26.0 Å². The molecule has 1 unspecified atom stereocenters. The number of ketones is 1. The fraction of sp³-hybridized carbons (Fsp3) is 0.818. The standard InChI is InChI=1S/C22H38O4/c1-4-5-8-11-19(23)15-13-18-14-16-20(24)22(18,2)17-10-7-6-9-12-21(25)26-3/h9,12,18-19,23H,4-8,10-11,13-17H2,1-3H3/t18-,19?,22-/m0/s1. The topological polar surface area (TPSA) is 63.6 Å². The van der Waals surface area contributed by atoms with Gasteiger partial charge in [-0.1, -0.05) is 45.6 Å². The average molecular weight is 367 g/mol. The summed E-state index contributed by atoms with van der Waals surface area (Å²) in [7, 11) is 1.38. The molecule has 0 aromatic rings. The fourth-order valence-electron chi connectivity index (χ4n) is 4.11. The van der Waals surface area contributed by atoms with Crippen LogP contribution in [0.15, 0.2) is 12.2 Å². The number of carbonyl (C=O) groups excluding carboxylic acids is 2. The minimum absolute atomic E-state index is 0.218. The molecule has 1 aliphatic carbocycles. The molecule has 26 heavy (non-hydrogen) atoms. The number of allylic oxidation sites excluding steroid dienone is 1. The molecule has 1 fully saturated rings. The van der Waals surface area contributed by atoms with E-state index in [4.69, 9.17) is 0 Å². The van der Waals surface area contributed by atoms with Gasteiger partial charge >= 0.3 is 5.97 Å². The first kappa shape index (κ1) is 22.9. The van der Waals surface area contributed by atoms with Crippen LogP contribution in [0.4, 0.5) is 0 Å². The van der Waals surface area contributed by atoms with Crippen molar-refractivity contribution in [1.29, 1.82) is 0 Å². The number of aliphatic hydroxyl groups excluding tert-OH is 1. The quantitative estimate of drug-likeness (QED) is 0.283. The van der Waals surface area contributed by atoms with Crippen LogP contribution >= 0.6 is 0 Å². The van der Waals surface area contributed by atoms with Gasteiger partial charge in [-0.2, -0.15) is 0 Å². The van der Waals surface area contributed by atoms with E-state index in [0.29, 0.717) is 18.1 Å². The SMILES string of the molecule is CCCCCC(O)CC[C@H]1CCC(=O)[C@@]1(C)CCCCC=CC(=O)OC. The van der Waals surface area contributed by atoms with E-state index < -0.39 is 0 Å². The van der Waals surface area contributed by atoms with E-state index in [9.17, 15) is 14.7 Å². The molecule has 3 atom stereocenters. The molecule has 0 aliphatic heterocycles. The first-order chi connectivity index (χ1) is 12.4. The normalized spacial score (nSPS) is 24.3. The maximum atomic E-state index is 12.5. The molecule has 1 aliphatic rings. The molecule has 0 aromatic carbocycles. The van der Waals surface area contributed by atoms with Crippen molar-refractivity contribution in [1.82, 2.24) is 0 Å². The predicted octanol–water partition coefficient (Wildman–Crippen LogP) is 4.98. The molecule has 0 radical (unpaired) electrons. The Balaban J connectivity index is 2.36. The lowest BCUT2D eigenvalue weighted by Gasteiger charge is -2.31. The zero-order chi connectivity index (χ0) is 19.4. The van der Waals surface area contributed by atoms with E-state index in [1.807, 2.05) is 6.08 Å². The summed E-state index contributed by atoms with van der Waals surface area (Å²) >= 11 is 0. The number of Topliss-reactive ketones (excluding diaryl/α,β-unsaturated/α-hetero) is 1. The van der Waals surface area contributed by atoms with Gasteiger partial charge in [-0.15, -0.1) is 0 Å². The van der Waals surface area contributed by atoms with Crippen LogP contribution in [-0.4, -0.2) is 30.1 Å². The third kappa shape index (κ3) is 7.61. The maximum Gasteiger partial charge on any atom is 0.330 e. The second-order valence-electron chi connectivity index (χ2n) is 7.97. The van der Waals surface area contributed by atoms with Crippen molar-refractivity contribution < 1.29 is 19.4 Å². The smallest absolute Gasteiger partial charge is 0.330 e. The van der Waals surface area contributed by atoms with Crippen LogP contribution in [-0.2, 0) is 14.3 Å². The lowest BCUT2D eigenvalue weighted by Crippen LogP contribution is -2.29. The summed E-state index contributed by atoms with van der Waals surface area (Å²) in [5, 5.41) is 10.2. The monoisotopic (exact) mass is 366 g/mol. The molecule has 0 spiro atoms. The fourth-order valence-corrected chi connectivity index (χ4v) is 4.11. The first-order valence-electron chi connectivity index (χ1n) is 10.4. The lowest BCUT2D eigenvalue weighted by atomic mass is 9.73. The Hall–Kier alpha value is -1.16. The van der Waals surface area contributed by atoms with Gasteiger partial charge in [-0.05, 0) is 50.9 Å². The van der Waals surface area contributed by atoms with E-state index >= 15 is 0 Å². The third-order valence-electron chi connectivity index (χ3n) is 6.02. The third-order valence-corrected chi connectivity index (χ3v) is 6.02. The van der Waals surface area contributed by atoms with Crippen molar-refractivity contribution in [3.63, 3.8) is 0 Å². The van der Waals surface area contributed by atoms with Gasteiger partial charge in [0, 0.05) is 17.9 Å². The number of rotatable bonds is 13. The summed E-state index contributed by atoms with van der Waals surface area (Å²) in [5.41, 5.74) is -0.227. The summed E-state index contributed by atoms with van der Waals surface area (Å²) in [6.45, 7) is 4.30. The van der Waals surface area contributed by atoms with Gasteiger partial charge in [0.1, 0.15) is 5.78 Å². The van der Waals surface area contributed by atoms with Crippen LogP contribution in [0.25, 0.3) is 0 Å². The van der Waals surface area contributed by atoms with Gasteiger partial charge in [-0.3, -0.25) is 4.79 Å². The van der Waals surface area contributed by atoms with E-state index in [-0.39, 0.29) is 17.5 Å². The van der Waals surface area contributed by atoms with E-state index in [2.05, 4.69) is 18.6 Å². The second kappa shape index (κ2) is 12.3. The molecule has 1 rings (SSSR count). The van der Waals surface area contributed by atoms with Gasteiger partial charge in [-0.25, -0.2) is 4.79 Å². The Bertz CT molecular complexity index is 457. The van der Waals surface area contributed by atoms with Gasteiger partial charge in [0.05, 0.1) is 13.2 Å². The number of unbranched alkanes of at least 4 members (excludes halogenated alkanes) is 4. The summed E-state index contributed by atoms with van der Waals surface area (Å²) < 4.78 is 4.57. The van der Waals surface area contributed by atoms with Crippen LogP contribution in [0.2, 0.25) is 0 Å². The molecule has 0 saturated heterocycles. The summed E-state index contributed by atoms with van der Waals surface area (Å²) in [6, 6.07) is 0. The Morgan fingerprint density at radius 2 is 2.08 bits per heavy atom. The highest BCUT2D eigenvalue weighted by molar-refractivity contribution is 5.86. The first-order valence-corrected chi connectivity index (χ1v) is 10.4. The van der Waals surface area contributed by atoms with E-state index in [0.717, 1.165) is 57.8 Å². The number of ether oxygens (including phenoxy) is 1. The van der Waals surface area contributed by atoms with Gasteiger partial charge in [0.15, 0.2) is 0 Å². The zero-order valence-electron chi connectivity index (χ0n) is 17.0. The van der Waals surface area contributed by atoms with Crippen molar-refractivity contribution in [2.45, 2.75) is 97.0 Å². The molecular formula is C22H38O4. The molecule has 1 N–H and O–H groups in total. The molecule has 0 amide bonds.